The van der Waals surface area contributed by atoms with Crippen LogP contribution in [-0.4, -0.2) is 31.3 Å². The molecular formula is C23H38N4S. The van der Waals surface area contributed by atoms with Crippen molar-refractivity contribution in [2.45, 2.75) is 75.1 Å². The zero-order valence-corrected chi connectivity index (χ0v) is 18.3. The molecule has 4 N–H and O–H groups in total. The normalized spacial score (nSPS) is 24.6. The minimum atomic E-state index is 0.540. The van der Waals surface area contributed by atoms with Gasteiger partial charge in [0.25, 0.3) is 0 Å². The maximum atomic E-state index is 5.93. The van der Waals surface area contributed by atoms with E-state index in [4.69, 9.17) is 10.7 Å². The predicted molar refractivity (Wildman–Crippen MR) is 123 cm³/mol. The van der Waals surface area contributed by atoms with Gasteiger partial charge in [0.2, 0.25) is 0 Å². The lowest BCUT2D eigenvalue weighted by Gasteiger charge is -2.28. The van der Waals surface area contributed by atoms with Gasteiger partial charge in [0, 0.05) is 17.5 Å². The Balaban J connectivity index is 1.69. The molecular weight excluding hydrogens is 364 g/mol. The van der Waals surface area contributed by atoms with Gasteiger partial charge >= 0.3 is 0 Å². The van der Waals surface area contributed by atoms with Crippen LogP contribution in [0.4, 0.5) is 5.69 Å². The number of hydrogen-bond donors (Lipinski definition) is 3. The Hall–Kier alpha value is -1.20. The van der Waals surface area contributed by atoms with E-state index in [0.29, 0.717) is 17.9 Å². The molecule has 28 heavy (non-hydrogen) atoms. The van der Waals surface area contributed by atoms with Gasteiger partial charge in [-0.3, -0.25) is 4.99 Å². The van der Waals surface area contributed by atoms with E-state index in [1.165, 1.54) is 69.1 Å². The van der Waals surface area contributed by atoms with E-state index < -0.39 is 0 Å². The first-order chi connectivity index (χ1) is 13.8. The minimum Gasteiger partial charge on any atom is -0.353 e. The number of thioether (sulfide) groups is 1. The molecule has 0 aliphatic heterocycles. The number of hydrogen-bond acceptors (Lipinski definition) is 3. The van der Waals surface area contributed by atoms with Crippen molar-refractivity contribution in [1.82, 2.24) is 5.32 Å². The third-order valence-corrected chi connectivity index (χ3v) is 7.08. The van der Waals surface area contributed by atoms with Crippen LogP contribution in [0.5, 0.6) is 0 Å². The van der Waals surface area contributed by atoms with Crippen LogP contribution in [0.3, 0.4) is 0 Å². The van der Waals surface area contributed by atoms with Gasteiger partial charge in [0.1, 0.15) is 0 Å². The second-order valence-electron chi connectivity index (χ2n) is 8.48. The second kappa shape index (κ2) is 11.7. The molecule has 2 saturated carbocycles. The molecule has 0 radical (unpaired) electrons. The van der Waals surface area contributed by atoms with Crippen LogP contribution < -0.4 is 16.4 Å². The quantitative estimate of drug-likeness (QED) is 0.263. The molecule has 156 valence electrons. The highest BCUT2D eigenvalue weighted by molar-refractivity contribution is 7.98. The molecule has 0 heterocycles. The van der Waals surface area contributed by atoms with Gasteiger partial charge in [-0.2, -0.15) is 0 Å². The van der Waals surface area contributed by atoms with Gasteiger partial charge in [-0.05, 0) is 68.9 Å². The number of para-hydroxylation sites is 1. The Morgan fingerprint density at radius 3 is 2.54 bits per heavy atom. The van der Waals surface area contributed by atoms with E-state index in [1.807, 2.05) is 0 Å². The summed E-state index contributed by atoms with van der Waals surface area (Å²) >= 11 is 1.78. The average molecular weight is 403 g/mol. The summed E-state index contributed by atoms with van der Waals surface area (Å²) in [7, 11) is 0. The first-order valence-electron chi connectivity index (χ1n) is 11.2. The van der Waals surface area contributed by atoms with Crippen molar-refractivity contribution in [3.63, 3.8) is 0 Å². The highest BCUT2D eigenvalue weighted by atomic mass is 32.2. The van der Waals surface area contributed by atoms with Crippen molar-refractivity contribution in [1.29, 1.82) is 0 Å². The van der Waals surface area contributed by atoms with E-state index in [2.05, 4.69) is 41.2 Å². The molecule has 1 aromatic rings. The van der Waals surface area contributed by atoms with Crippen LogP contribution in [-0.2, 0) is 0 Å². The Morgan fingerprint density at radius 1 is 1.04 bits per heavy atom. The Bertz CT molecular complexity index is 610. The highest BCUT2D eigenvalue weighted by Gasteiger charge is 2.21. The number of rotatable bonds is 6. The summed E-state index contributed by atoms with van der Waals surface area (Å²) in [5, 5.41) is 7.39. The van der Waals surface area contributed by atoms with Crippen molar-refractivity contribution >= 4 is 23.4 Å². The summed E-state index contributed by atoms with van der Waals surface area (Å²) in [6.07, 6.45) is 15.2. The van der Waals surface area contributed by atoms with Gasteiger partial charge in [-0.1, -0.05) is 44.2 Å². The van der Waals surface area contributed by atoms with E-state index in [0.717, 1.165) is 24.7 Å². The lowest BCUT2D eigenvalue weighted by molar-refractivity contribution is 0.277. The molecule has 0 saturated heterocycles. The molecule has 5 heteroatoms. The molecule has 3 rings (SSSR count). The van der Waals surface area contributed by atoms with Gasteiger partial charge in [0.15, 0.2) is 5.96 Å². The molecule has 2 aliphatic rings. The molecule has 4 nitrogen and oxygen atoms in total. The maximum absolute atomic E-state index is 5.93. The number of nitrogens with zero attached hydrogens (tertiary/aromatic N) is 1. The van der Waals surface area contributed by atoms with Crippen molar-refractivity contribution < 1.29 is 0 Å². The Morgan fingerprint density at radius 2 is 1.79 bits per heavy atom. The Labute approximate surface area is 175 Å². The largest absolute Gasteiger partial charge is 0.353 e. The minimum absolute atomic E-state index is 0.540. The summed E-state index contributed by atoms with van der Waals surface area (Å²) in [6.45, 7) is 1.73. The zero-order chi connectivity index (χ0) is 19.6. The average Bonchev–Trinajstić information content (AvgIpc) is 3.01. The SMILES string of the molecule is CSc1ccccc1NC(=NCC1CCCC(CN)C1)NC1CCCCCC1. The predicted octanol–water partition coefficient (Wildman–Crippen LogP) is 5.25. The highest BCUT2D eigenvalue weighted by Crippen LogP contribution is 2.29. The fraction of sp³-hybridized carbons (Fsp3) is 0.696. The van der Waals surface area contributed by atoms with Crippen LogP contribution in [0.2, 0.25) is 0 Å². The number of nitrogens with two attached hydrogens (primary N) is 1. The Kier molecular flexibility index (Phi) is 9.00. The molecule has 0 aromatic heterocycles. The number of aliphatic imine (C=N–C) groups is 1. The van der Waals surface area contributed by atoms with Crippen LogP contribution in [0, 0.1) is 11.8 Å². The standard InChI is InChI=1S/C23H38N4S/c1-28-22-14-7-6-13-21(22)27-23(26-20-11-4-2-3-5-12-20)25-17-19-10-8-9-18(15-19)16-24/h6-7,13-14,18-20H,2-5,8-12,15-17,24H2,1H3,(H2,25,26,27). The van der Waals surface area contributed by atoms with E-state index >= 15 is 0 Å². The molecule has 0 amide bonds. The van der Waals surface area contributed by atoms with Crippen molar-refractivity contribution in [2.24, 2.45) is 22.6 Å². The van der Waals surface area contributed by atoms with Crippen LogP contribution in [0.25, 0.3) is 0 Å². The first-order valence-corrected chi connectivity index (χ1v) is 12.4. The topological polar surface area (TPSA) is 62.4 Å². The van der Waals surface area contributed by atoms with Crippen LogP contribution in [0.1, 0.15) is 64.2 Å². The third kappa shape index (κ3) is 6.70. The zero-order valence-electron chi connectivity index (χ0n) is 17.5. The fourth-order valence-corrected chi connectivity index (χ4v) is 5.17. The summed E-state index contributed by atoms with van der Waals surface area (Å²) in [4.78, 5) is 6.32. The smallest absolute Gasteiger partial charge is 0.196 e. The van der Waals surface area contributed by atoms with E-state index in [1.54, 1.807) is 11.8 Å². The third-order valence-electron chi connectivity index (χ3n) is 6.29. The van der Waals surface area contributed by atoms with Crippen molar-refractivity contribution in [3.05, 3.63) is 24.3 Å². The molecule has 2 fully saturated rings. The number of nitrogens with one attached hydrogen (secondary N) is 2. The van der Waals surface area contributed by atoms with Crippen LogP contribution in [0.15, 0.2) is 34.2 Å². The summed E-state index contributed by atoms with van der Waals surface area (Å²) in [5.74, 6) is 2.33. The fourth-order valence-electron chi connectivity index (χ4n) is 4.62. The molecule has 2 aliphatic carbocycles. The van der Waals surface area contributed by atoms with E-state index in [-0.39, 0.29) is 0 Å². The number of anilines is 1. The molecule has 2 atom stereocenters. The first kappa shape index (κ1) is 21.5. The van der Waals surface area contributed by atoms with Crippen LogP contribution >= 0.6 is 11.8 Å². The summed E-state index contributed by atoms with van der Waals surface area (Å²) < 4.78 is 0. The lowest BCUT2D eigenvalue weighted by Crippen LogP contribution is -2.39. The molecule has 1 aromatic carbocycles. The van der Waals surface area contributed by atoms with Gasteiger partial charge in [0.05, 0.1) is 5.69 Å². The number of benzene rings is 1. The van der Waals surface area contributed by atoms with Gasteiger partial charge < -0.3 is 16.4 Å². The number of guanidine groups is 1. The van der Waals surface area contributed by atoms with E-state index in [9.17, 15) is 0 Å². The monoisotopic (exact) mass is 402 g/mol. The lowest BCUT2D eigenvalue weighted by atomic mass is 9.81. The van der Waals surface area contributed by atoms with Crippen molar-refractivity contribution in [3.8, 4) is 0 Å². The second-order valence-corrected chi connectivity index (χ2v) is 9.33. The van der Waals surface area contributed by atoms with Crippen molar-refractivity contribution in [2.75, 3.05) is 24.7 Å². The summed E-state index contributed by atoms with van der Waals surface area (Å²) in [5.41, 5.74) is 7.08. The summed E-state index contributed by atoms with van der Waals surface area (Å²) in [6, 6.07) is 9.06. The van der Waals surface area contributed by atoms with Gasteiger partial charge in [-0.15, -0.1) is 11.8 Å². The maximum Gasteiger partial charge on any atom is 0.196 e. The molecule has 2 unspecified atom stereocenters. The van der Waals surface area contributed by atoms with Gasteiger partial charge in [-0.25, -0.2) is 0 Å². The molecule has 0 spiro atoms. The molecule has 0 bridgehead atoms.